The van der Waals surface area contributed by atoms with Gasteiger partial charge in [-0.25, -0.2) is 0 Å². The van der Waals surface area contributed by atoms with Crippen molar-refractivity contribution in [3.63, 3.8) is 0 Å². The van der Waals surface area contributed by atoms with Crippen LogP contribution in [0.5, 0.6) is 0 Å². The van der Waals surface area contributed by atoms with Gasteiger partial charge in [0.05, 0.1) is 0 Å². The Balaban J connectivity index is 1.17. The average Bonchev–Trinajstić information content (AvgIpc) is 3.12. The van der Waals surface area contributed by atoms with E-state index in [1.165, 1.54) is 83.9 Å². The number of hydrogen-bond donors (Lipinski definition) is 0. The van der Waals surface area contributed by atoms with Crippen LogP contribution in [0.1, 0.15) is 0 Å². The van der Waals surface area contributed by atoms with E-state index in [0.717, 1.165) is 0 Å². The highest BCUT2D eigenvalue weighted by molar-refractivity contribution is 6.95. The van der Waals surface area contributed by atoms with Crippen LogP contribution in [-0.4, -0.2) is 6.85 Å². The summed E-state index contributed by atoms with van der Waals surface area (Å²) in [6.07, 6.45) is 0. The van der Waals surface area contributed by atoms with Crippen molar-refractivity contribution < 1.29 is 0 Å². The highest BCUT2D eigenvalue weighted by atomic mass is 15.2. The lowest BCUT2D eigenvalue weighted by Crippen LogP contribution is -2.63. The molecule has 7 aromatic carbocycles. The summed E-state index contributed by atoms with van der Waals surface area (Å²) in [5.74, 6) is 0. The Morgan fingerprint density at radius 2 is 0.778 bits per heavy atom. The molecule has 10 rings (SSSR count). The number of benzene rings is 7. The lowest BCUT2D eigenvalue weighted by Gasteiger charge is -2.49. The minimum atomic E-state index is 0.114. The van der Waals surface area contributed by atoms with Gasteiger partial charge in [0, 0.05) is 39.6 Å². The first-order valence-electron chi connectivity index (χ1n) is 15.6. The first-order chi connectivity index (χ1) is 22.3. The van der Waals surface area contributed by atoms with Crippen molar-refractivity contribution in [2.24, 2.45) is 0 Å². The summed E-state index contributed by atoms with van der Waals surface area (Å²) in [6.45, 7) is 0.114. The van der Waals surface area contributed by atoms with Gasteiger partial charge in [0.25, 0.3) is 0 Å². The monoisotopic (exact) mass is 570 g/mol. The number of rotatable bonds is 3. The van der Waals surface area contributed by atoms with Crippen LogP contribution in [0.25, 0.3) is 44.5 Å². The lowest BCUT2D eigenvalue weighted by atomic mass is 9.41. The maximum Gasteiger partial charge on any atom is 0.333 e. The highest BCUT2D eigenvalue weighted by Gasteiger charge is 2.48. The van der Waals surface area contributed by atoms with Crippen LogP contribution >= 0.6 is 0 Å². The molecule has 7 aromatic rings. The van der Waals surface area contributed by atoms with Crippen LogP contribution in [-0.2, 0) is 0 Å². The van der Waals surface area contributed by atoms with Crippen LogP contribution < -0.4 is 20.6 Å². The molecule has 0 spiro atoms. The van der Waals surface area contributed by atoms with E-state index in [2.05, 4.69) is 174 Å². The predicted octanol–water partition coefficient (Wildman–Crippen LogP) is 9.71. The summed E-state index contributed by atoms with van der Waals surface area (Å²) >= 11 is 0. The summed E-state index contributed by atoms with van der Waals surface area (Å²) in [4.78, 5) is 5.07. The van der Waals surface area contributed by atoms with E-state index in [4.69, 9.17) is 0 Å². The third-order valence-electron chi connectivity index (χ3n) is 9.79. The smallest absolute Gasteiger partial charge is 0.333 e. The van der Waals surface area contributed by atoms with Gasteiger partial charge < -0.3 is 9.71 Å². The molecule has 0 aliphatic carbocycles. The van der Waals surface area contributed by atoms with Gasteiger partial charge in [-0.15, -0.1) is 0 Å². The zero-order chi connectivity index (χ0) is 29.5. The number of para-hydroxylation sites is 2. The molecular formula is C42H27BN2. The fraction of sp³-hybridized carbons (Fsp3) is 0. The molecule has 3 heteroatoms. The van der Waals surface area contributed by atoms with E-state index in [1.54, 1.807) is 0 Å². The summed E-state index contributed by atoms with van der Waals surface area (Å²) in [5, 5.41) is 0. The summed E-state index contributed by atoms with van der Waals surface area (Å²) in [6, 6.07) is 60.0. The number of hydrogen-bond acceptors (Lipinski definition) is 2. The minimum Gasteiger partial charge on any atom is -0.376 e. The zero-order valence-electron chi connectivity index (χ0n) is 24.6. The number of anilines is 5. The molecule has 0 radical (unpaired) electrons. The summed E-state index contributed by atoms with van der Waals surface area (Å²) in [5.41, 5.74) is 19.1. The lowest BCUT2D eigenvalue weighted by molar-refractivity contribution is 1.26. The molecule has 0 N–H and O–H groups in total. The fourth-order valence-corrected chi connectivity index (χ4v) is 7.89. The van der Waals surface area contributed by atoms with Crippen molar-refractivity contribution in [2.45, 2.75) is 0 Å². The molecule has 0 unspecified atom stereocenters. The molecule has 3 aliphatic heterocycles. The van der Waals surface area contributed by atoms with E-state index in [1.807, 2.05) is 0 Å². The maximum atomic E-state index is 2.59. The Morgan fingerprint density at radius 3 is 1.38 bits per heavy atom. The first-order valence-corrected chi connectivity index (χ1v) is 15.6. The normalized spacial score (nSPS) is 13.2. The second-order valence-electron chi connectivity index (χ2n) is 12.1. The minimum absolute atomic E-state index is 0.114. The van der Waals surface area contributed by atoms with Gasteiger partial charge in [-0.1, -0.05) is 121 Å². The molecule has 0 atom stereocenters. The van der Waals surface area contributed by atoms with E-state index in [-0.39, 0.29) is 6.85 Å². The van der Waals surface area contributed by atoms with E-state index in [9.17, 15) is 0 Å². The molecule has 0 aromatic heterocycles. The number of fused-ring (bicyclic) bond motifs is 6. The highest BCUT2D eigenvalue weighted by Crippen LogP contribution is 2.51. The maximum absolute atomic E-state index is 2.59. The van der Waals surface area contributed by atoms with Crippen molar-refractivity contribution >= 4 is 46.2 Å². The van der Waals surface area contributed by atoms with Crippen molar-refractivity contribution in [1.82, 2.24) is 0 Å². The summed E-state index contributed by atoms with van der Waals surface area (Å²) in [7, 11) is 0. The van der Waals surface area contributed by atoms with Gasteiger partial charge >= 0.3 is 6.85 Å². The molecule has 0 saturated heterocycles. The molecule has 2 nitrogen and oxygen atoms in total. The van der Waals surface area contributed by atoms with Gasteiger partial charge in [-0.05, 0) is 86.8 Å². The Kier molecular flexibility index (Phi) is 5.12. The molecule has 208 valence electrons. The summed E-state index contributed by atoms with van der Waals surface area (Å²) < 4.78 is 0. The molecule has 0 saturated carbocycles. The Hall–Kier alpha value is -5.80. The second-order valence-corrected chi connectivity index (χ2v) is 12.1. The standard InChI is InChI=1S/C42H27BN2/c1-2-11-28(12-3-1)30-13-8-14-31(27-30)29-23-25-32(26-24-29)44-39-21-9-17-35-33-15-4-6-19-37(33)45-38-20-7-5-16-34(38)36-18-10-22-40(44)42(36)43(45)41(35)39/h1-27H. The third-order valence-corrected chi connectivity index (χ3v) is 9.79. The van der Waals surface area contributed by atoms with Crippen LogP contribution in [0.2, 0.25) is 0 Å². The molecule has 3 heterocycles. The van der Waals surface area contributed by atoms with Crippen molar-refractivity contribution in [3.05, 3.63) is 164 Å². The second kappa shape index (κ2) is 9.35. The van der Waals surface area contributed by atoms with Crippen molar-refractivity contribution in [1.29, 1.82) is 0 Å². The van der Waals surface area contributed by atoms with Gasteiger partial charge in [0.2, 0.25) is 0 Å². The fourth-order valence-electron chi connectivity index (χ4n) is 7.89. The quantitative estimate of drug-likeness (QED) is 0.195. The van der Waals surface area contributed by atoms with E-state index >= 15 is 0 Å². The van der Waals surface area contributed by atoms with Gasteiger partial charge in [0.1, 0.15) is 0 Å². The molecule has 3 aliphatic rings. The Morgan fingerprint density at radius 1 is 0.333 bits per heavy atom. The largest absolute Gasteiger partial charge is 0.376 e. The van der Waals surface area contributed by atoms with Crippen LogP contribution in [0.4, 0.5) is 28.4 Å². The Labute approximate surface area is 263 Å². The van der Waals surface area contributed by atoms with E-state index < -0.39 is 0 Å². The van der Waals surface area contributed by atoms with Gasteiger partial charge in [-0.2, -0.15) is 0 Å². The molecule has 45 heavy (non-hydrogen) atoms. The molecular weight excluding hydrogens is 543 g/mol. The predicted molar refractivity (Wildman–Crippen MR) is 190 cm³/mol. The zero-order valence-corrected chi connectivity index (χ0v) is 24.6. The van der Waals surface area contributed by atoms with Crippen LogP contribution in [0.3, 0.4) is 0 Å². The topological polar surface area (TPSA) is 6.48 Å². The first kappa shape index (κ1) is 24.6. The van der Waals surface area contributed by atoms with Gasteiger partial charge in [0.15, 0.2) is 0 Å². The molecule has 0 fully saturated rings. The Bertz CT molecular complexity index is 2190. The van der Waals surface area contributed by atoms with E-state index in [0.29, 0.717) is 0 Å². The van der Waals surface area contributed by atoms with Gasteiger partial charge in [-0.3, -0.25) is 0 Å². The van der Waals surface area contributed by atoms with Crippen molar-refractivity contribution in [3.8, 4) is 44.5 Å². The molecule has 0 amide bonds. The van der Waals surface area contributed by atoms with Crippen LogP contribution in [0, 0.1) is 0 Å². The van der Waals surface area contributed by atoms with Crippen LogP contribution in [0.15, 0.2) is 164 Å². The molecule has 0 bridgehead atoms. The number of nitrogens with zero attached hydrogens (tertiary/aromatic N) is 2. The average molecular weight is 571 g/mol. The van der Waals surface area contributed by atoms with Crippen molar-refractivity contribution in [2.75, 3.05) is 9.71 Å². The third kappa shape index (κ3) is 3.47. The SMILES string of the molecule is c1ccc(-c2cccc(-c3ccc(N4c5cccc6c5B5c7c(cccc74)-c4ccccc4N5c4ccccc4-6)cc3)c2)cc1.